The normalized spacial score (nSPS) is 18.1. The fourth-order valence-electron chi connectivity index (χ4n) is 3.25. The maximum absolute atomic E-state index is 12.9. The van der Waals surface area contributed by atoms with Crippen molar-refractivity contribution in [2.75, 3.05) is 29.9 Å². The molecule has 1 aliphatic rings. The van der Waals surface area contributed by atoms with Crippen molar-refractivity contribution < 1.29 is 27.1 Å². The van der Waals surface area contributed by atoms with Crippen molar-refractivity contribution in [1.82, 2.24) is 24.3 Å². The van der Waals surface area contributed by atoms with E-state index in [4.69, 9.17) is 0 Å². The minimum atomic E-state index is -4.66. The minimum absolute atomic E-state index is 0.0205. The molecule has 0 saturated carbocycles. The van der Waals surface area contributed by atoms with Crippen molar-refractivity contribution in [1.29, 1.82) is 0 Å². The van der Waals surface area contributed by atoms with Gasteiger partial charge in [0.25, 0.3) is 5.91 Å². The van der Waals surface area contributed by atoms with Gasteiger partial charge in [-0.05, 0) is 18.2 Å². The van der Waals surface area contributed by atoms with Gasteiger partial charge in [0.1, 0.15) is 5.69 Å². The Labute approximate surface area is 176 Å². The molecule has 1 fully saturated rings. The summed E-state index contributed by atoms with van der Waals surface area (Å²) in [6, 6.07) is 5.97. The largest absolute Gasteiger partial charge is 0.433 e. The number of rotatable bonds is 4. The van der Waals surface area contributed by atoms with E-state index in [1.54, 1.807) is 24.4 Å². The lowest BCUT2D eigenvalue weighted by Crippen LogP contribution is -2.37. The highest BCUT2D eigenvalue weighted by Crippen LogP contribution is 2.40. The van der Waals surface area contributed by atoms with E-state index in [0.29, 0.717) is 36.9 Å². The maximum Gasteiger partial charge on any atom is 0.433 e. The molecule has 1 aliphatic heterocycles. The van der Waals surface area contributed by atoms with Crippen LogP contribution in [0.4, 0.5) is 19.1 Å². The molecule has 4 heterocycles. The lowest BCUT2D eigenvalue weighted by atomic mass is 10.3. The molecule has 0 bridgehead atoms. The van der Waals surface area contributed by atoms with Crippen LogP contribution in [-0.4, -0.2) is 63.9 Å². The van der Waals surface area contributed by atoms with Crippen molar-refractivity contribution in [3.63, 3.8) is 0 Å². The number of hydrogen-bond acceptors (Lipinski definition) is 7. The van der Waals surface area contributed by atoms with E-state index < -0.39 is 34.3 Å². The first-order valence-corrected chi connectivity index (χ1v) is 11.1. The summed E-state index contributed by atoms with van der Waals surface area (Å²) in [6.45, 7) is 1.35. The summed E-state index contributed by atoms with van der Waals surface area (Å²) in [5.74, 6) is -0.694. The minimum Gasteiger partial charge on any atom is -0.299 e. The number of anilines is 1. The molecular weight excluding hydrogens is 437 g/mol. The number of halogens is 3. The Hall–Kier alpha value is -2.74. The molecule has 1 amide bonds. The molecule has 3 N–H and O–H groups in total. The summed E-state index contributed by atoms with van der Waals surface area (Å²) in [5.41, 5.74) is 0.0893. The second kappa shape index (κ2) is 8.07. The SMILES string of the molecule is O=C(Nc1nccc(C(F)(F)F)n1)c1nc(CN2CCS(O)(O)CC2)c2ccccn12. The molecule has 0 atom stereocenters. The van der Waals surface area contributed by atoms with Crippen molar-refractivity contribution in [3.05, 3.63) is 53.9 Å². The molecule has 166 valence electrons. The van der Waals surface area contributed by atoms with Crippen LogP contribution in [0.3, 0.4) is 0 Å². The molecule has 0 aliphatic carbocycles. The number of nitrogens with zero attached hydrogens (tertiary/aromatic N) is 5. The molecule has 9 nitrogen and oxygen atoms in total. The highest BCUT2D eigenvalue weighted by molar-refractivity contribution is 8.24. The number of carbonyl (C=O) groups is 1. The summed E-state index contributed by atoms with van der Waals surface area (Å²) in [4.78, 5) is 26.2. The highest BCUT2D eigenvalue weighted by atomic mass is 32.3. The van der Waals surface area contributed by atoms with Gasteiger partial charge in [-0.1, -0.05) is 6.07 Å². The first-order valence-electron chi connectivity index (χ1n) is 9.26. The molecule has 31 heavy (non-hydrogen) atoms. The van der Waals surface area contributed by atoms with Crippen LogP contribution in [0.5, 0.6) is 0 Å². The number of fused-ring (bicyclic) bond motifs is 1. The molecule has 4 rings (SSSR count). The van der Waals surface area contributed by atoms with Gasteiger partial charge < -0.3 is 0 Å². The first-order chi connectivity index (χ1) is 14.6. The molecule has 3 aromatic rings. The van der Waals surface area contributed by atoms with Gasteiger partial charge in [-0.2, -0.15) is 23.8 Å². The second-order valence-electron chi connectivity index (χ2n) is 7.04. The number of carbonyl (C=O) groups excluding carboxylic acids is 1. The molecule has 1 saturated heterocycles. The first kappa shape index (κ1) is 21.5. The average molecular weight is 456 g/mol. The Kier molecular flexibility index (Phi) is 5.60. The van der Waals surface area contributed by atoms with Gasteiger partial charge in [0.15, 0.2) is 0 Å². The highest BCUT2D eigenvalue weighted by Gasteiger charge is 2.33. The van der Waals surface area contributed by atoms with Gasteiger partial charge in [-0.25, -0.2) is 15.0 Å². The molecular formula is C18H19F3N6O3S. The van der Waals surface area contributed by atoms with Crippen LogP contribution in [0, 0.1) is 0 Å². The van der Waals surface area contributed by atoms with E-state index in [1.807, 2.05) is 4.90 Å². The quantitative estimate of drug-likeness (QED) is 0.553. The molecule has 0 unspecified atom stereocenters. The van der Waals surface area contributed by atoms with Crippen LogP contribution in [0.25, 0.3) is 5.52 Å². The lowest BCUT2D eigenvalue weighted by molar-refractivity contribution is -0.141. The van der Waals surface area contributed by atoms with Gasteiger partial charge >= 0.3 is 6.18 Å². The third-order valence-corrected chi connectivity index (χ3v) is 6.51. The van der Waals surface area contributed by atoms with Crippen LogP contribution in [0.1, 0.15) is 22.0 Å². The third kappa shape index (κ3) is 4.79. The summed E-state index contributed by atoms with van der Waals surface area (Å²) in [6.07, 6.45) is -2.12. The summed E-state index contributed by atoms with van der Waals surface area (Å²) in [5, 5.41) is 2.27. The van der Waals surface area contributed by atoms with E-state index >= 15 is 0 Å². The second-order valence-corrected chi connectivity index (χ2v) is 9.46. The maximum atomic E-state index is 12.9. The lowest BCUT2D eigenvalue weighted by Gasteiger charge is -2.40. The van der Waals surface area contributed by atoms with E-state index in [-0.39, 0.29) is 17.3 Å². The Morgan fingerprint density at radius 1 is 1.16 bits per heavy atom. The van der Waals surface area contributed by atoms with Gasteiger partial charge in [-0.15, -0.1) is 0 Å². The number of amides is 1. The standard InChI is InChI=1S/C18H19F3N6O3S/c19-18(20,21)14-4-5-22-17(24-14)25-16(28)15-23-12(13-3-1-2-6-27(13)15)11-26-7-9-31(29,30)10-8-26/h1-6,29-30H,7-11H2,(H,22,24,25,28). The smallest absolute Gasteiger partial charge is 0.299 e. The van der Waals surface area contributed by atoms with Gasteiger partial charge in [0.2, 0.25) is 11.8 Å². The summed E-state index contributed by atoms with van der Waals surface area (Å²) < 4.78 is 59.7. The van der Waals surface area contributed by atoms with Gasteiger partial charge in [-0.3, -0.25) is 28.5 Å². The number of pyridine rings is 1. The monoisotopic (exact) mass is 456 g/mol. The summed E-state index contributed by atoms with van der Waals surface area (Å²) >= 11 is 0. The van der Waals surface area contributed by atoms with Crippen LogP contribution < -0.4 is 5.32 Å². The summed E-state index contributed by atoms with van der Waals surface area (Å²) in [7, 11) is -2.53. The number of imidazole rings is 1. The van der Waals surface area contributed by atoms with Crippen molar-refractivity contribution in [3.8, 4) is 0 Å². The average Bonchev–Trinajstić information content (AvgIpc) is 3.08. The Bertz CT molecular complexity index is 1110. The fraction of sp³-hybridized carbons (Fsp3) is 0.333. The van der Waals surface area contributed by atoms with E-state index in [9.17, 15) is 27.1 Å². The fourth-order valence-corrected chi connectivity index (χ4v) is 4.55. The predicted octanol–water partition coefficient (Wildman–Crippen LogP) is 2.96. The number of alkyl halides is 3. The van der Waals surface area contributed by atoms with E-state index in [2.05, 4.69) is 20.3 Å². The zero-order valence-electron chi connectivity index (χ0n) is 16.1. The Balaban J connectivity index is 1.58. The number of nitrogens with one attached hydrogen (secondary N) is 1. The topological polar surface area (TPSA) is 116 Å². The van der Waals surface area contributed by atoms with Gasteiger partial charge in [0.05, 0.1) is 22.7 Å². The number of aromatic nitrogens is 4. The van der Waals surface area contributed by atoms with Crippen molar-refractivity contribution in [2.24, 2.45) is 0 Å². The van der Waals surface area contributed by atoms with E-state index in [0.717, 1.165) is 6.20 Å². The van der Waals surface area contributed by atoms with E-state index in [1.165, 1.54) is 4.40 Å². The predicted molar refractivity (Wildman–Crippen MR) is 108 cm³/mol. The van der Waals surface area contributed by atoms with Crippen LogP contribution in [-0.2, 0) is 12.7 Å². The van der Waals surface area contributed by atoms with Crippen molar-refractivity contribution in [2.45, 2.75) is 12.7 Å². The van der Waals surface area contributed by atoms with Crippen molar-refractivity contribution >= 4 is 28.0 Å². The Morgan fingerprint density at radius 3 is 2.61 bits per heavy atom. The molecule has 0 aromatic carbocycles. The Morgan fingerprint density at radius 2 is 1.90 bits per heavy atom. The van der Waals surface area contributed by atoms with Gasteiger partial charge in [0, 0.05) is 32.0 Å². The van der Waals surface area contributed by atoms with Crippen LogP contribution >= 0.6 is 10.6 Å². The third-order valence-electron chi connectivity index (χ3n) is 4.84. The molecule has 3 aromatic heterocycles. The molecule has 0 spiro atoms. The number of hydrogen-bond donors (Lipinski definition) is 3. The zero-order chi connectivity index (χ0) is 22.2. The molecule has 13 heteroatoms. The van der Waals surface area contributed by atoms with Crippen LogP contribution in [0.15, 0.2) is 36.7 Å². The zero-order valence-corrected chi connectivity index (χ0v) is 16.9. The van der Waals surface area contributed by atoms with Crippen LogP contribution in [0.2, 0.25) is 0 Å². The molecule has 0 radical (unpaired) electrons.